The average molecular weight is 589 g/mol. The number of hydrogen-bond acceptors (Lipinski definition) is 3. The first-order valence-corrected chi connectivity index (χ1v) is 14.6. The van der Waals surface area contributed by atoms with E-state index in [0.717, 1.165) is 50.1 Å². The lowest BCUT2D eigenvalue weighted by Crippen LogP contribution is -1.88. The zero-order valence-electron chi connectivity index (χ0n) is 26.0. The van der Waals surface area contributed by atoms with Gasteiger partial charge in [-0.15, -0.1) is 0 Å². The van der Waals surface area contributed by atoms with Crippen molar-refractivity contribution in [2.45, 2.75) is 0 Å². The molecule has 4 rings (SSSR count). The van der Waals surface area contributed by atoms with Crippen LogP contribution in [0.3, 0.4) is 0 Å². The van der Waals surface area contributed by atoms with Gasteiger partial charge in [-0.3, -0.25) is 0 Å². The lowest BCUT2D eigenvalue weighted by atomic mass is 10.0. The van der Waals surface area contributed by atoms with E-state index in [-0.39, 0.29) is 0 Å². The van der Waals surface area contributed by atoms with Crippen LogP contribution in [0.1, 0.15) is 50.1 Å². The number of ether oxygens (including phenoxy) is 3. The maximum absolute atomic E-state index is 5.17. The van der Waals surface area contributed by atoms with E-state index in [1.807, 2.05) is 127 Å². The normalized spacial score (nSPS) is 10.7. The summed E-state index contributed by atoms with van der Waals surface area (Å²) in [6, 6.07) is 30.2. The Hall–Kier alpha value is -5.34. The molecule has 222 valence electrons. The lowest BCUT2D eigenvalue weighted by molar-refractivity contribution is 0.234. The first kappa shape index (κ1) is 32.6. The van der Waals surface area contributed by atoms with Crippen molar-refractivity contribution in [1.82, 2.24) is 0 Å². The van der Waals surface area contributed by atoms with Gasteiger partial charge in [0.2, 0.25) is 0 Å². The maximum atomic E-state index is 5.17. The number of methoxy groups -OCH3 is 3. The first-order chi connectivity index (χ1) is 22.2. The molecule has 0 aliphatic rings. The minimum absolute atomic E-state index is 0.543. The van der Waals surface area contributed by atoms with Crippen molar-refractivity contribution in [2.24, 2.45) is 0 Å². The molecule has 0 spiro atoms. The van der Waals surface area contributed by atoms with Crippen LogP contribution in [0.25, 0.3) is 18.2 Å². The molecule has 0 aromatic heterocycles. The Balaban J connectivity index is 1.76. The molecular weight excluding hydrogens is 552 g/mol. The van der Waals surface area contributed by atoms with Crippen molar-refractivity contribution in [2.75, 3.05) is 41.2 Å². The van der Waals surface area contributed by atoms with Gasteiger partial charge < -0.3 is 14.2 Å². The van der Waals surface area contributed by atoms with Gasteiger partial charge in [0.05, 0.1) is 19.8 Å². The van der Waals surface area contributed by atoms with E-state index in [9.17, 15) is 0 Å². The second-order valence-electron chi connectivity index (χ2n) is 9.88. The summed E-state index contributed by atoms with van der Waals surface area (Å²) >= 11 is 0. The Morgan fingerprint density at radius 1 is 0.422 bits per heavy atom. The highest BCUT2D eigenvalue weighted by Gasteiger charge is 2.01. The first-order valence-electron chi connectivity index (χ1n) is 14.6. The molecule has 0 atom stereocenters. The van der Waals surface area contributed by atoms with Crippen molar-refractivity contribution in [3.63, 3.8) is 0 Å². The molecule has 3 heteroatoms. The smallest absolute Gasteiger partial charge is 0.0646 e. The molecule has 4 aromatic carbocycles. The van der Waals surface area contributed by atoms with Gasteiger partial charge in [-0.25, -0.2) is 0 Å². The summed E-state index contributed by atoms with van der Waals surface area (Å²) in [6.07, 6.45) is 12.0. The Morgan fingerprint density at radius 3 is 1.00 bits per heavy atom. The molecule has 0 amide bonds. The molecule has 0 saturated carbocycles. The number of rotatable bonds is 9. The summed E-state index contributed by atoms with van der Waals surface area (Å²) in [7, 11) is 5.04. The van der Waals surface area contributed by atoms with Crippen LogP contribution in [0.4, 0.5) is 0 Å². The number of hydrogen-bond donors (Lipinski definition) is 0. The van der Waals surface area contributed by atoms with E-state index < -0.39 is 0 Å². The molecule has 0 bridgehead atoms. The second kappa shape index (κ2) is 18.4. The fourth-order valence-electron chi connectivity index (χ4n) is 4.35. The SMILES string of the molecule is COC/C=C/c1ccccc1C#Cc1cc(C#Cc2ccccc2/C=C/COC)cc(C#Cc2ccccc2/C=C/COC)c1. The zero-order chi connectivity index (χ0) is 31.5. The molecule has 0 aliphatic heterocycles. The Labute approximate surface area is 267 Å². The average Bonchev–Trinajstić information content (AvgIpc) is 3.07. The second-order valence-corrected chi connectivity index (χ2v) is 9.88. The molecule has 0 fully saturated rings. The fourth-order valence-corrected chi connectivity index (χ4v) is 4.35. The largest absolute Gasteiger partial charge is 0.381 e. The van der Waals surface area contributed by atoms with E-state index >= 15 is 0 Å². The van der Waals surface area contributed by atoms with Gasteiger partial charge in [-0.2, -0.15) is 0 Å². The molecular formula is C42H36O3. The van der Waals surface area contributed by atoms with Crippen LogP contribution in [-0.4, -0.2) is 41.2 Å². The summed E-state index contributed by atoms with van der Waals surface area (Å²) in [5.41, 5.74) is 8.42. The van der Waals surface area contributed by atoms with Gasteiger partial charge in [-0.05, 0) is 53.1 Å². The van der Waals surface area contributed by atoms with Gasteiger partial charge in [0, 0.05) is 54.7 Å². The molecule has 0 radical (unpaired) electrons. The quantitative estimate of drug-likeness (QED) is 0.186. The molecule has 0 aliphatic carbocycles. The maximum Gasteiger partial charge on any atom is 0.0646 e. The van der Waals surface area contributed by atoms with Crippen molar-refractivity contribution in [1.29, 1.82) is 0 Å². The molecule has 4 aromatic rings. The minimum Gasteiger partial charge on any atom is -0.381 e. The van der Waals surface area contributed by atoms with E-state index in [2.05, 4.69) is 35.5 Å². The fraction of sp³-hybridized carbons (Fsp3) is 0.143. The molecule has 0 saturated heterocycles. The Kier molecular flexibility index (Phi) is 13.3. The molecule has 0 unspecified atom stereocenters. The molecule has 0 N–H and O–H groups in total. The zero-order valence-corrected chi connectivity index (χ0v) is 26.0. The minimum atomic E-state index is 0.543. The van der Waals surface area contributed by atoms with Gasteiger partial charge in [-0.1, -0.05) is 127 Å². The van der Waals surface area contributed by atoms with Crippen LogP contribution in [-0.2, 0) is 14.2 Å². The standard InChI is InChI=1S/C42H36O3/c1-43-28-10-19-37-13-4-7-16-40(37)25-22-34-31-35(23-26-41-17-8-5-14-38(41)20-11-29-44-2)33-36(32-34)24-27-42-18-9-6-15-39(42)21-12-30-45-3/h4-21,31-33H,28-30H2,1-3H3/b19-10+,20-11+,21-12+. The lowest BCUT2D eigenvalue weighted by Gasteiger charge is -2.01. The highest BCUT2D eigenvalue weighted by Crippen LogP contribution is 2.15. The predicted molar refractivity (Wildman–Crippen MR) is 186 cm³/mol. The molecule has 0 heterocycles. The van der Waals surface area contributed by atoms with E-state index in [0.29, 0.717) is 19.8 Å². The monoisotopic (exact) mass is 588 g/mol. The van der Waals surface area contributed by atoms with Crippen LogP contribution in [0.5, 0.6) is 0 Å². The summed E-state index contributed by atoms with van der Waals surface area (Å²) in [5.74, 6) is 20.1. The van der Waals surface area contributed by atoms with Crippen LogP contribution in [0.2, 0.25) is 0 Å². The topological polar surface area (TPSA) is 27.7 Å². The van der Waals surface area contributed by atoms with E-state index in [4.69, 9.17) is 14.2 Å². The summed E-state index contributed by atoms with van der Waals surface area (Å²) in [6.45, 7) is 1.63. The van der Waals surface area contributed by atoms with Crippen LogP contribution >= 0.6 is 0 Å². The van der Waals surface area contributed by atoms with Crippen LogP contribution < -0.4 is 0 Å². The third-order valence-electron chi connectivity index (χ3n) is 6.52. The van der Waals surface area contributed by atoms with E-state index in [1.165, 1.54) is 0 Å². The highest BCUT2D eigenvalue weighted by atomic mass is 16.5. The third-order valence-corrected chi connectivity index (χ3v) is 6.52. The van der Waals surface area contributed by atoms with Crippen LogP contribution in [0, 0.1) is 35.5 Å². The summed E-state index contributed by atoms with van der Waals surface area (Å²) in [5, 5.41) is 0. The number of benzene rings is 4. The van der Waals surface area contributed by atoms with Gasteiger partial charge in [0.25, 0.3) is 0 Å². The van der Waals surface area contributed by atoms with Crippen LogP contribution in [0.15, 0.2) is 109 Å². The van der Waals surface area contributed by atoms with Crippen molar-refractivity contribution in [3.05, 3.63) is 159 Å². The van der Waals surface area contributed by atoms with Crippen molar-refractivity contribution in [3.8, 4) is 35.5 Å². The Morgan fingerprint density at radius 2 is 0.711 bits per heavy atom. The van der Waals surface area contributed by atoms with Crippen molar-refractivity contribution >= 4 is 18.2 Å². The summed E-state index contributed by atoms with van der Waals surface area (Å²) < 4.78 is 15.5. The molecule has 45 heavy (non-hydrogen) atoms. The predicted octanol–water partition coefficient (Wildman–Crippen LogP) is 7.86. The van der Waals surface area contributed by atoms with Gasteiger partial charge in [0.15, 0.2) is 0 Å². The van der Waals surface area contributed by atoms with Gasteiger partial charge in [0.1, 0.15) is 0 Å². The highest BCUT2D eigenvalue weighted by molar-refractivity contribution is 5.64. The summed E-state index contributed by atoms with van der Waals surface area (Å²) in [4.78, 5) is 0. The van der Waals surface area contributed by atoms with E-state index in [1.54, 1.807) is 21.3 Å². The third kappa shape index (κ3) is 10.7. The van der Waals surface area contributed by atoms with Crippen molar-refractivity contribution < 1.29 is 14.2 Å². The molecule has 3 nitrogen and oxygen atoms in total. The Bertz CT molecular complexity index is 1630. The van der Waals surface area contributed by atoms with Gasteiger partial charge >= 0.3 is 0 Å².